The first-order valence-corrected chi connectivity index (χ1v) is 8.57. The van der Waals surface area contributed by atoms with Crippen LogP contribution in [0.25, 0.3) is 0 Å². The van der Waals surface area contributed by atoms with Crippen molar-refractivity contribution in [1.29, 1.82) is 0 Å². The van der Waals surface area contributed by atoms with E-state index in [9.17, 15) is 9.59 Å². The number of hydrogen-bond acceptors (Lipinski definition) is 5. The van der Waals surface area contributed by atoms with E-state index in [1.54, 1.807) is 6.92 Å². The number of hydrogen-bond donors (Lipinski definition) is 0. The summed E-state index contributed by atoms with van der Waals surface area (Å²) < 4.78 is 17.5. The predicted molar refractivity (Wildman–Crippen MR) is 83.7 cm³/mol. The second-order valence-electron chi connectivity index (χ2n) is 7.35. The first-order valence-electron chi connectivity index (χ1n) is 8.57. The van der Waals surface area contributed by atoms with Gasteiger partial charge in [0.25, 0.3) is 0 Å². The summed E-state index contributed by atoms with van der Waals surface area (Å²) in [5, 5.41) is 0. The lowest BCUT2D eigenvalue weighted by molar-refractivity contribution is -0.178. The van der Waals surface area contributed by atoms with E-state index in [2.05, 4.69) is 6.58 Å². The van der Waals surface area contributed by atoms with Crippen LogP contribution in [0.5, 0.6) is 0 Å². The van der Waals surface area contributed by atoms with Crippen molar-refractivity contribution in [1.82, 2.24) is 0 Å². The minimum absolute atomic E-state index is 0.0962. The number of ether oxygens (including phenoxy) is 3. The molecule has 0 aromatic heterocycles. The zero-order valence-electron chi connectivity index (χ0n) is 14.1. The van der Waals surface area contributed by atoms with E-state index < -0.39 is 11.2 Å². The quantitative estimate of drug-likeness (QED) is 0.575. The molecule has 3 fully saturated rings. The fourth-order valence-electron chi connectivity index (χ4n) is 4.65. The number of fused-ring (bicyclic) bond motifs is 2. The normalized spacial score (nSPS) is 34.3. The average molecular weight is 322 g/mol. The number of carbonyl (C=O) groups excluding carboxylic acids is 2. The van der Waals surface area contributed by atoms with Gasteiger partial charge in [0.05, 0.1) is 6.10 Å². The van der Waals surface area contributed by atoms with Gasteiger partial charge in [-0.1, -0.05) is 6.58 Å². The van der Waals surface area contributed by atoms with Gasteiger partial charge in [0.2, 0.25) is 0 Å². The Morgan fingerprint density at radius 1 is 1.22 bits per heavy atom. The first-order chi connectivity index (χ1) is 10.9. The number of rotatable bonds is 5. The fraction of sp³-hybridized carbons (Fsp3) is 0.778. The van der Waals surface area contributed by atoms with Crippen LogP contribution in [0, 0.1) is 5.92 Å². The molecule has 5 heteroatoms. The van der Waals surface area contributed by atoms with Gasteiger partial charge in [0.1, 0.15) is 17.8 Å². The molecule has 1 saturated carbocycles. The van der Waals surface area contributed by atoms with Crippen molar-refractivity contribution >= 4 is 11.9 Å². The Bertz CT molecular complexity index is 520. The van der Waals surface area contributed by atoms with Crippen molar-refractivity contribution in [2.45, 2.75) is 76.1 Å². The lowest BCUT2D eigenvalue weighted by Crippen LogP contribution is -2.53. The molecule has 0 N–H and O–H groups in total. The summed E-state index contributed by atoms with van der Waals surface area (Å²) >= 11 is 0. The van der Waals surface area contributed by atoms with Gasteiger partial charge in [-0.05, 0) is 51.9 Å². The predicted octanol–water partition coefficient (Wildman–Crippen LogP) is 2.92. The Kier molecular flexibility index (Phi) is 4.25. The molecule has 2 aliphatic heterocycles. The summed E-state index contributed by atoms with van der Waals surface area (Å²) in [7, 11) is 0. The Morgan fingerprint density at radius 3 is 2.48 bits per heavy atom. The SMILES string of the molecule is C=C(C)C(=O)OC1(C2CC3CCC2(COC(C)=O)O3)CCCC1. The van der Waals surface area contributed by atoms with Gasteiger partial charge >= 0.3 is 11.9 Å². The van der Waals surface area contributed by atoms with Crippen molar-refractivity contribution in [3.8, 4) is 0 Å². The van der Waals surface area contributed by atoms with Gasteiger partial charge in [-0.2, -0.15) is 0 Å². The lowest BCUT2D eigenvalue weighted by Gasteiger charge is -2.43. The summed E-state index contributed by atoms with van der Waals surface area (Å²) in [4.78, 5) is 23.5. The highest BCUT2D eigenvalue weighted by Gasteiger charge is 2.63. The highest BCUT2D eigenvalue weighted by atomic mass is 16.6. The van der Waals surface area contributed by atoms with Crippen molar-refractivity contribution in [2.24, 2.45) is 5.92 Å². The van der Waals surface area contributed by atoms with E-state index in [-0.39, 0.29) is 30.6 Å². The monoisotopic (exact) mass is 322 g/mol. The maximum absolute atomic E-state index is 12.2. The van der Waals surface area contributed by atoms with Crippen LogP contribution in [0.1, 0.15) is 58.8 Å². The molecule has 23 heavy (non-hydrogen) atoms. The maximum atomic E-state index is 12.2. The summed E-state index contributed by atoms with van der Waals surface area (Å²) in [6.45, 7) is 7.06. The minimum Gasteiger partial charge on any atom is -0.463 e. The van der Waals surface area contributed by atoms with Crippen molar-refractivity contribution in [2.75, 3.05) is 6.61 Å². The van der Waals surface area contributed by atoms with Gasteiger partial charge in [-0.25, -0.2) is 4.79 Å². The van der Waals surface area contributed by atoms with E-state index in [1.165, 1.54) is 6.92 Å². The standard InChI is InChI=1S/C18H26O5/c1-12(2)16(20)23-17(7-4-5-8-17)15-10-14-6-9-18(15,22-14)11-21-13(3)19/h14-15H,1,4-11H2,2-3H3. The molecule has 2 heterocycles. The summed E-state index contributed by atoms with van der Waals surface area (Å²) in [5.41, 5.74) is -0.559. The largest absolute Gasteiger partial charge is 0.463 e. The van der Waals surface area contributed by atoms with Crippen molar-refractivity contribution in [3.63, 3.8) is 0 Å². The molecule has 0 aromatic carbocycles. The van der Waals surface area contributed by atoms with Crippen LogP contribution in [0.4, 0.5) is 0 Å². The van der Waals surface area contributed by atoms with Crippen LogP contribution in [-0.2, 0) is 23.8 Å². The maximum Gasteiger partial charge on any atom is 0.333 e. The molecule has 3 rings (SSSR count). The molecule has 2 bridgehead atoms. The van der Waals surface area contributed by atoms with E-state index in [4.69, 9.17) is 14.2 Å². The molecule has 0 amide bonds. The molecule has 0 spiro atoms. The van der Waals surface area contributed by atoms with Gasteiger partial charge in [-0.15, -0.1) is 0 Å². The molecule has 128 valence electrons. The highest BCUT2D eigenvalue weighted by Crippen LogP contribution is 2.57. The Balaban J connectivity index is 1.85. The second kappa shape index (κ2) is 5.93. The average Bonchev–Trinajstić information content (AvgIpc) is 3.19. The molecule has 2 saturated heterocycles. The highest BCUT2D eigenvalue weighted by molar-refractivity contribution is 5.87. The Labute approximate surface area is 137 Å². The third-order valence-electron chi connectivity index (χ3n) is 5.67. The van der Waals surface area contributed by atoms with Crippen LogP contribution in [-0.4, -0.2) is 35.9 Å². The minimum atomic E-state index is -0.495. The van der Waals surface area contributed by atoms with E-state index in [0.29, 0.717) is 5.57 Å². The Hall–Kier alpha value is -1.36. The zero-order valence-corrected chi connectivity index (χ0v) is 14.1. The third-order valence-corrected chi connectivity index (χ3v) is 5.67. The molecule has 3 unspecified atom stereocenters. The molecular weight excluding hydrogens is 296 g/mol. The van der Waals surface area contributed by atoms with Crippen molar-refractivity contribution < 1.29 is 23.8 Å². The fourth-order valence-corrected chi connectivity index (χ4v) is 4.65. The Morgan fingerprint density at radius 2 is 1.91 bits per heavy atom. The third kappa shape index (κ3) is 2.91. The summed E-state index contributed by atoms with van der Waals surface area (Å²) in [6, 6.07) is 0. The zero-order chi connectivity index (χ0) is 16.7. The van der Waals surface area contributed by atoms with Gasteiger partial charge in [0, 0.05) is 18.4 Å². The molecule has 3 aliphatic rings. The van der Waals surface area contributed by atoms with Crippen LogP contribution < -0.4 is 0 Å². The topological polar surface area (TPSA) is 61.8 Å². The van der Waals surface area contributed by atoms with Gasteiger partial charge < -0.3 is 14.2 Å². The van der Waals surface area contributed by atoms with Crippen LogP contribution in [0.3, 0.4) is 0 Å². The molecule has 0 radical (unpaired) electrons. The van der Waals surface area contributed by atoms with Crippen molar-refractivity contribution in [3.05, 3.63) is 12.2 Å². The molecule has 1 aliphatic carbocycles. The molecule has 0 aromatic rings. The van der Waals surface area contributed by atoms with Crippen LogP contribution in [0.15, 0.2) is 12.2 Å². The van der Waals surface area contributed by atoms with E-state index in [0.717, 1.165) is 44.9 Å². The lowest BCUT2D eigenvalue weighted by atomic mass is 9.68. The van der Waals surface area contributed by atoms with E-state index >= 15 is 0 Å². The number of esters is 2. The second-order valence-corrected chi connectivity index (χ2v) is 7.35. The molecule has 3 atom stereocenters. The van der Waals surface area contributed by atoms with Gasteiger partial charge in [-0.3, -0.25) is 4.79 Å². The van der Waals surface area contributed by atoms with Crippen LogP contribution >= 0.6 is 0 Å². The van der Waals surface area contributed by atoms with Crippen LogP contribution in [0.2, 0.25) is 0 Å². The summed E-state index contributed by atoms with van der Waals surface area (Å²) in [5.74, 6) is -0.521. The smallest absolute Gasteiger partial charge is 0.333 e. The van der Waals surface area contributed by atoms with E-state index in [1.807, 2.05) is 0 Å². The van der Waals surface area contributed by atoms with Gasteiger partial charge in [0.15, 0.2) is 0 Å². The first kappa shape index (κ1) is 16.5. The number of carbonyl (C=O) groups is 2. The molecule has 5 nitrogen and oxygen atoms in total. The molecular formula is C18H26O5. The summed E-state index contributed by atoms with van der Waals surface area (Å²) in [6.07, 6.45) is 6.73.